The molecule has 0 radical (unpaired) electrons. The van der Waals surface area contributed by atoms with Crippen LogP contribution in [-0.4, -0.2) is 36.6 Å². The molecule has 0 amide bonds. The Morgan fingerprint density at radius 3 is 3.20 bits per heavy atom. The van der Waals surface area contributed by atoms with E-state index in [1.807, 2.05) is 18.5 Å². The van der Waals surface area contributed by atoms with Crippen LogP contribution in [0.3, 0.4) is 0 Å². The molecule has 15 heavy (non-hydrogen) atoms. The summed E-state index contributed by atoms with van der Waals surface area (Å²) in [4.78, 5) is 6.50. The van der Waals surface area contributed by atoms with Crippen LogP contribution in [0.4, 0.5) is 0 Å². The van der Waals surface area contributed by atoms with Crippen LogP contribution in [0.1, 0.15) is 12.0 Å². The first-order chi connectivity index (χ1) is 7.34. The Labute approximate surface area is 91.5 Å². The first-order valence-electron chi connectivity index (χ1n) is 5.63. The van der Waals surface area contributed by atoms with Gasteiger partial charge in [0.05, 0.1) is 0 Å². The van der Waals surface area contributed by atoms with Gasteiger partial charge in [-0.15, -0.1) is 0 Å². The number of hydrogen-bond donors (Lipinski definition) is 1. The Hall–Kier alpha value is -0.930. The van der Waals surface area contributed by atoms with E-state index in [0.29, 0.717) is 0 Å². The molecule has 0 bridgehead atoms. The molecule has 3 heteroatoms. The van der Waals surface area contributed by atoms with Crippen molar-refractivity contribution < 1.29 is 0 Å². The highest BCUT2D eigenvalue weighted by molar-refractivity contribution is 5.07. The predicted molar refractivity (Wildman–Crippen MR) is 61.5 cm³/mol. The maximum atomic E-state index is 4.10. The Morgan fingerprint density at radius 1 is 1.60 bits per heavy atom. The Morgan fingerprint density at radius 2 is 2.53 bits per heavy atom. The standard InChI is InChI=1S/C12H19N3/c1-15-6-4-12(10-15)9-14-8-11-3-2-5-13-7-11/h2-3,5,7,12,14H,4,6,8-10H2,1H3. The number of pyridine rings is 1. The van der Waals surface area contributed by atoms with Gasteiger partial charge < -0.3 is 10.2 Å². The van der Waals surface area contributed by atoms with Crippen molar-refractivity contribution in [3.05, 3.63) is 30.1 Å². The van der Waals surface area contributed by atoms with Gasteiger partial charge in [-0.05, 0) is 44.1 Å². The average molecular weight is 205 g/mol. The zero-order valence-corrected chi connectivity index (χ0v) is 9.32. The fourth-order valence-electron chi connectivity index (χ4n) is 2.12. The Kier molecular flexibility index (Phi) is 3.69. The SMILES string of the molecule is CN1CCC(CNCc2cccnc2)C1. The zero-order chi connectivity index (χ0) is 10.5. The van der Waals surface area contributed by atoms with Crippen molar-refractivity contribution in [3.63, 3.8) is 0 Å². The molecule has 1 aliphatic heterocycles. The summed E-state index contributed by atoms with van der Waals surface area (Å²) in [6, 6.07) is 4.10. The summed E-state index contributed by atoms with van der Waals surface area (Å²) >= 11 is 0. The van der Waals surface area contributed by atoms with Gasteiger partial charge in [-0.3, -0.25) is 4.98 Å². The van der Waals surface area contributed by atoms with Crippen LogP contribution in [0.15, 0.2) is 24.5 Å². The molecule has 1 atom stereocenters. The first kappa shape index (κ1) is 10.6. The minimum Gasteiger partial charge on any atom is -0.312 e. The van der Waals surface area contributed by atoms with Crippen LogP contribution >= 0.6 is 0 Å². The Bertz CT molecular complexity index is 286. The lowest BCUT2D eigenvalue weighted by Gasteiger charge is -2.11. The molecular formula is C12H19N3. The molecule has 1 fully saturated rings. The molecule has 1 saturated heterocycles. The molecule has 2 heterocycles. The lowest BCUT2D eigenvalue weighted by atomic mass is 10.1. The second-order valence-corrected chi connectivity index (χ2v) is 4.41. The summed E-state index contributed by atoms with van der Waals surface area (Å²) in [7, 11) is 2.20. The van der Waals surface area contributed by atoms with Crippen LogP contribution in [0.2, 0.25) is 0 Å². The molecule has 0 saturated carbocycles. The van der Waals surface area contributed by atoms with Crippen LogP contribution in [0.5, 0.6) is 0 Å². The molecule has 1 aromatic heterocycles. The summed E-state index contributed by atoms with van der Waals surface area (Å²) in [5.74, 6) is 0.826. The van der Waals surface area contributed by atoms with Gasteiger partial charge >= 0.3 is 0 Å². The van der Waals surface area contributed by atoms with Crippen LogP contribution in [0.25, 0.3) is 0 Å². The highest BCUT2D eigenvalue weighted by atomic mass is 15.1. The molecule has 1 aromatic rings. The molecule has 82 valence electrons. The smallest absolute Gasteiger partial charge is 0.0312 e. The number of likely N-dealkylation sites (tertiary alicyclic amines) is 1. The van der Waals surface area contributed by atoms with Crippen LogP contribution in [0, 0.1) is 5.92 Å². The number of nitrogens with one attached hydrogen (secondary N) is 1. The fourth-order valence-corrected chi connectivity index (χ4v) is 2.12. The maximum Gasteiger partial charge on any atom is 0.0312 e. The number of hydrogen-bond acceptors (Lipinski definition) is 3. The first-order valence-corrected chi connectivity index (χ1v) is 5.63. The van der Waals surface area contributed by atoms with E-state index in [-0.39, 0.29) is 0 Å². The highest BCUT2D eigenvalue weighted by Gasteiger charge is 2.18. The van der Waals surface area contributed by atoms with Crippen molar-refractivity contribution in [2.75, 3.05) is 26.7 Å². The summed E-state index contributed by atoms with van der Waals surface area (Å²) in [5.41, 5.74) is 1.27. The number of rotatable bonds is 4. The van der Waals surface area contributed by atoms with E-state index in [1.54, 1.807) is 0 Å². The Balaban J connectivity index is 1.67. The molecule has 1 aliphatic rings. The minimum absolute atomic E-state index is 0.826. The van der Waals surface area contributed by atoms with E-state index >= 15 is 0 Å². The number of aromatic nitrogens is 1. The summed E-state index contributed by atoms with van der Waals surface area (Å²) in [6.07, 6.45) is 5.07. The molecule has 0 aromatic carbocycles. The zero-order valence-electron chi connectivity index (χ0n) is 9.32. The third kappa shape index (κ3) is 3.29. The normalized spacial score (nSPS) is 22.1. The molecule has 1 N–H and O–H groups in total. The van der Waals surface area contributed by atoms with Crippen molar-refractivity contribution in [1.82, 2.24) is 15.2 Å². The van der Waals surface area contributed by atoms with Crippen LogP contribution in [-0.2, 0) is 6.54 Å². The maximum absolute atomic E-state index is 4.10. The molecular weight excluding hydrogens is 186 g/mol. The van der Waals surface area contributed by atoms with Crippen LogP contribution < -0.4 is 5.32 Å². The van der Waals surface area contributed by atoms with Gasteiger partial charge in [-0.2, -0.15) is 0 Å². The van der Waals surface area contributed by atoms with Crippen molar-refractivity contribution >= 4 is 0 Å². The lowest BCUT2D eigenvalue weighted by molar-refractivity contribution is 0.388. The predicted octanol–water partition coefficient (Wildman–Crippen LogP) is 1.12. The van der Waals surface area contributed by atoms with E-state index in [4.69, 9.17) is 0 Å². The van der Waals surface area contributed by atoms with Gasteiger partial charge in [0.15, 0.2) is 0 Å². The molecule has 0 aliphatic carbocycles. The van der Waals surface area contributed by atoms with Gasteiger partial charge in [0, 0.05) is 25.5 Å². The molecule has 2 rings (SSSR count). The van der Waals surface area contributed by atoms with Gasteiger partial charge in [0.25, 0.3) is 0 Å². The lowest BCUT2D eigenvalue weighted by Crippen LogP contribution is -2.24. The summed E-state index contributed by atoms with van der Waals surface area (Å²) < 4.78 is 0. The number of nitrogens with zero attached hydrogens (tertiary/aromatic N) is 2. The fraction of sp³-hybridized carbons (Fsp3) is 0.583. The average Bonchev–Trinajstić information content (AvgIpc) is 2.66. The van der Waals surface area contributed by atoms with Gasteiger partial charge in [-0.25, -0.2) is 0 Å². The van der Waals surface area contributed by atoms with E-state index < -0.39 is 0 Å². The van der Waals surface area contributed by atoms with Gasteiger partial charge in [0.1, 0.15) is 0 Å². The topological polar surface area (TPSA) is 28.2 Å². The van der Waals surface area contributed by atoms with Crippen molar-refractivity contribution in [1.29, 1.82) is 0 Å². The van der Waals surface area contributed by atoms with Gasteiger partial charge in [0.2, 0.25) is 0 Å². The van der Waals surface area contributed by atoms with Crippen molar-refractivity contribution in [2.24, 2.45) is 5.92 Å². The molecule has 0 spiro atoms. The van der Waals surface area contributed by atoms with Crippen molar-refractivity contribution in [3.8, 4) is 0 Å². The summed E-state index contributed by atoms with van der Waals surface area (Å²) in [6.45, 7) is 4.55. The van der Waals surface area contributed by atoms with Crippen molar-refractivity contribution in [2.45, 2.75) is 13.0 Å². The third-order valence-electron chi connectivity index (χ3n) is 2.97. The van der Waals surface area contributed by atoms with E-state index in [1.165, 1.54) is 25.1 Å². The quantitative estimate of drug-likeness (QED) is 0.798. The highest BCUT2D eigenvalue weighted by Crippen LogP contribution is 2.12. The molecule has 1 unspecified atom stereocenters. The van der Waals surface area contributed by atoms with E-state index in [2.05, 4.69) is 28.3 Å². The second kappa shape index (κ2) is 5.24. The minimum atomic E-state index is 0.826. The van der Waals surface area contributed by atoms with Gasteiger partial charge in [-0.1, -0.05) is 6.07 Å². The monoisotopic (exact) mass is 205 g/mol. The largest absolute Gasteiger partial charge is 0.312 e. The summed E-state index contributed by atoms with van der Waals surface area (Å²) in [5, 5.41) is 3.50. The van der Waals surface area contributed by atoms with E-state index in [0.717, 1.165) is 19.0 Å². The third-order valence-corrected chi connectivity index (χ3v) is 2.97. The van der Waals surface area contributed by atoms with E-state index in [9.17, 15) is 0 Å². The molecule has 3 nitrogen and oxygen atoms in total. The second-order valence-electron chi connectivity index (χ2n) is 4.41.